The molecule has 1 aliphatic heterocycles. The van der Waals surface area contributed by atoms with E-state index in [1.165, 1.54) is 12.1 Å². The van der Waals surface area contributed by atoms with E-state index in [4.69, 9.17) is 4.74 Å². The van der Waals surface area contributed by atoms with Gasteiger partial charge in [-0.15, -0.1) is 0 Å². The number of fused-ring (bicyclic) bond motifs is 1. The molecular formula is C15H19F2NO. The van der Waals surface area contributed by atoms with E-state index in [0.29, 0.717) is 11.6 Å². The second kappa shape index (κ2) is 4.44. The molecule has 1 N–H and O–H groups in total. The highest BCUT2D eigenvalue weighted by Gasteiger charge is 2.57. The Bertz CT molecular complexity index is 469. The van der Waals surface area contributed by atoms with Crippen molar-refractivity contribution in [2.75, 3.05) is 11.9 Å². The average Bonchev–Trinajstić information content (AvgIpc) is 2.35. The van der Waals surface area contributed by atoms with Gasteiger partial charge in [-0.25, -0.2) is 8.78 Å². The Labute approximate surface area is 112 Å². The first-order valence-corrected chi connectivity index (χ1v) is 6.83. The zero-order valence-electron chi connectivity index (χ0n) is 11.2. The van der Waals surface area contributed by atoms with Gasteiger partial charge in [-0.3, -0.25) is 0 Å². The normalized spacial score (nSPS) is 32.3. The lowest BCUT2D eigenvalue weighted by atomic mass is 9.55. The molecular weight excluding hydrogens is 248 g/mol. The standard InChI is InChI=1S/C15H19F2NO/c1-15(2)13(12-4-3-5-19-14(12)15)18-11-7-9(16)6-10(17)8-11/h6-8,12-14,18H,3-5H2,1-2H3. The Morgan fingerprint density at radius 2 is 1.89 bits per heavy atom. The summed E-state index contributed by atoms with van der Waals surface area (Å²) >= 11 is 0. The van der Waals surface area contributed by atoms with Crippen LogP contribution in [0, 0.1) is 23.0 Å². The molecule has 2 fully saturated rings. The van der Waals surface area contributed by atoms with Crippen LogP contribution in [0.2, 0.25) is 0 Å². The van der Waals surface area contributed by atoms with E-state index in [1.807, 2.05) is 0 Å². The number of ether oxygens (including phenoxy) is 1. The van der Waals surface area contributed by atoms with E-state index in [1.54, 1.807) is 0 Å². The molecule has 1 aliphatic carbocycles. The fourth-order valence-corrected chi connectivity index (χ4v) is 3.63. The predicted molar refractivity (Wildman–Crippen MR) is 70.0 cm³/mol. The van der Waals surface area contributed by atoms with Crippen LogP contribution in [0.1, 0.15) is 26.7 Å². The summed E-state index contributed by atoms with van der Waals surface area (Å²) in [5.74, 6) is -0.651. The van der Waals surface area contributed by atoms with Crippen molar-refractivity contribution in [3.63, 3.8) is 0 Å². The Hall–Kier alpha value is -1.16. The van der Waals surface area contributed by atoms with Crippen molar-refractivity contribution in [1.29, 1.82) is 0 Å². The second-order valence-electron chi connectivity index (χ2n) is 6.20. The third kappa shape index (κ3) is 2.12. The minimum atomic E-state index is -0.545. The lowest BCUT2D eigenvalue weighted by molar-refractivity contribution is -0.177. The summed E-state index contributed by atoms with van der Waals surface area (Å²) in [6.07, 6.45) is 2.44. The number of halogens is 2. The van der Waals surface area contributed by atoms with Crippen LogP contribution in [0.25, 0.3) is 0 Å². The molecule has 0 spiro atoms. The van der Waals surface area contributed by atoms with Crippen molar-refractivity contribution >= 4 is 5.69 Å². The largest absolute Gasteiger partial charge is 0.381 e. The van der Waals surface area contributed by atoms with Gasteiger partial charge in [0, 0.05) is 35.7 Å². The van der Waals surface area contributed by atoms with Crippen molar-refractivity contribution in [3.05, 3.63) is 29.8 Å². The second-order valence-corrected chi connectivity index (χ2v) is 6.20. The molecule has 0 amide bonds. The molecule has 0 aromatic heterocycles. The fourth-order valence-electron chi connectivity index (χ4n) is 3.63. The third-order valence-electron chi connectivity index (χ3n) is 4.52. The Morgan fingerprint density at radius 3 is 2.58 bits per heavy atom. The van der Waals surface area contributed by atoms with Crippen LogP contribution in [0.15, 0.2) is 18.2 Å². The van der Waals surface area contributed by atoms with E-state index >= 15 is 0 Å². The van der Waals surface area contributed by atoms with Crippen LogP contribution in [0.5, 0.6) is 0 Å². The van der Waals surface area contributed by atoms with Gasteiger partial charge in [-0.2, -0.15) is 0 Å². The lowest BCUT2D eigenvalue weighted by Gasteiger charge is -2.60. The van der Waals surface area contributed by atoms with E-state index in [9.17, 15) is 8.78 Å². The summed E-state index contributed by atoms with van der Waals surface area (Å²) in [6, 6.07) is 3.79. The van der Waals surface area contributed by atoms with Gasteiger partial charge >= 0.3 is 0 Å². The third-order valence-corrected chi connectivity index (χ3v) is 4.52. The maximum atomic E-state index is 13.2. The predicted octanol–water partition coefficient (Wildman–Crippen LogP) is 3.58. The Kier molecular flexibility index (Phi) is 3.01. The van der Waals surface area contributed by atoms with Gasteiger partial charge in [0.25, 0.3) is 0 Å². The van der Waals surface area contributed by atoms with Crippen LogP contribution in [0.3, 0.4) is 0 Å². The van der Waals surface area contributed by atoms with Crippen LogP contribution < -0.4 is 5.32 Å². The highest BCUT2D eigenvalue weighted by atomic mass is 19.1. The maximum absolute atomic E-state index is 13.2. The number of benzene rings is 1. The molecule has 1 saturated carbocycles. The molecule has 1 aromatic carbocycles. The van der Waals surface area contributed by atoms with Gasteiger partial charge in [0.15, 0.2) is 0 Å². The summed E-state index contributed by atoms with van der Waals surface area (Å²) < 4.78 is 32.3. The molecule has 4 heteroatoms. The molecule has 3 rings (SSSR count). The molecule has 104 valence electrons. The van der Waals surface area contributed by atoms with Gasteiger partial charge < -0.3 is 10.1 Å². The fraction of sp³-hybridized carbons (Fsp3) is 0.600. The Morgan fingerprint density at radius 1 is 1.21 bits per heavy atom. The first kappa shape index (κ1) is 12.9. The molecule has 1 heterocycles. The van der Waals surface area contributed by atoms with Gasteiger partial charge in [-0.05, 0) is 25.0 Å². The highest BCUT2D eigenvalue weighted by Crippen LogP contribution is 2.52. The summed E-state index contributed by atoms with van der Waals surface area (Å²) in [6.45, 7) is 5.12. The minimum Gasteiger partial charge on any atom is -0.381 e. The molecule has 3 unspecified atom stereocenters. The molecule has 0 radical (unpaired) electrons. The molecule has 1 aromatic rings. The van der Waals surface area contributed by atoms with Gasteiger partial charge in [0.05, 0.1) is 6.10 Å². The first-order chi connectivity index (χ1) is 8.98. The zero-order valence-corrected chi connectivity index (χ0v) is 11.2. The topological polar surface area (TPSA) is 21.3 Å². The molecule has 3 atom stereocenters. The molecule has 19 heavy (non-hydrogen) atoms. The Balaban J connectivity index is 1.79. The lowest BCUT2D eigenvalue weighted by Crippen LogP contribution is -2.67. The van der Waals surface area contributed by atoms with Crippen molar-refractivity contribution < 1.29 is 13.5 Å². The van der Waals surface area contributed by atoms with Crippen molar-refractivity contribution in [2.24, 2.45) is 11.3 Å². The number of hydrogen-bond acceptors (Lipinski definition) is 2. The van der Waals surface area contributed by atoms with Crippen LogP contribution in [-0.2, 0) is 4.74 Å². The number of anilines is 1. The van der Waals surface area contributed by atoms with Crippen molar-refractivity contribution in [1.82, 2.24) is 0 Å². The van der Waals surface area contributed by atoms with Crippen LogP contribution in [-0.4, -0.2) is 18.8 Å². The van der Waals surface area contributed by atoms with E-state index in [0.717, 1.165) is 25.5 Å². The summed E-state index contributed by atoms with van der Waals surface area (Å²) in [7, 11) is 0. The minimum absolute atomic E-state index is 0.00607. The van der Waals surface area contributed by atoms with Crippen molar-refractivity contribution in [3.8, 4) is 0 Å². The SMILES string of the molecule is CC1(C)C(Nc2cc(F)cc(F)c2)C2CCCOC21. The maximum Gasteiger partial charge on any atom is 0.128 e. The summed E-state index contributed by atoms with van der Waals surface area (Å²) in [5, 5.41) is 3.29. The number of rotatable bonds is 2. The van der Waals surface area contributed by atoms with E-state index in [-0.39, 0.29) is 17.6 Å². The highest BCUT2D eigenvalue weighted by molar-refractivity contribution is 5.46. The van der Waals surface area contributed by atoms with E-state index in [2.05, 4.69) is 19.2 Å². The number of hydrogen-bond donors (Lipinski definition) is 1. The van der Waals surface area contributed by atoms with Crippen molar-refractivity contribution in [2.45, 2.75) is 38.8 Å². The number of nitrogens with one attached hydrogen (secondary N) is 1. The molecule has 2 aliphatic rings. The van der Waals surface area contributed by atoms with Crippen LogP contribution >= 0.6 is 0 Å². The molecule has 2 nitrogen and oxygen atoms in total. The summed E-state index contributed by atoms with van der Waals surface area (Å²) in [4.78, 5) is 0. The monoisotopic (exact) mass is 267 g/mol. The smallest absolute Gasteiger partial charge is 0.128 e. The molecule has 1 saturated heterocycles. The summed E-state index contributed by atoms with van der Waals surface area (Å²) in [5.41, 5.74) is 0.507. The van der Waals surface area contributed by atoms with Gasteiger partial charge in [0.2, 0.25) is 0 Å². The quantitative estimate of drug-likeness (QED) is 0.884. The van der Waals surface area contributed by atoms with Gasteiger partial charge in [-0.1, -0.05) is 13.8 Å². The zero-order chi connectivity index (χ0) is 13.6. The van der Waals surface area contributed by atoms with Crippen LogP contribution in [0.4, 0.5) is 14.5 Å². The molecule has 0 bridgehead atoms. The van der Waals surface area contributed by atoms with Gasteiger partial charge in [0.1, 0.15) is 11.6 Å². The van der Waals surface area contributed by atoms with E-state index < -0.39 is 11.6 Å². The first-order valence-electron chi connectivity index (χ1n) is 6.83. The average molecular weight is 267 g/mol.